The maximum Gasteiger partial charge on any atom is 0.214 e. The Morgan fingerprint density at radius 1 is 1.25 bits per heavy atom. The number of aryl methyl sites for hydroxylation is 1. The smallest absolute Gasteiger partial charge is 0.214 e. The molecule has 2 aromatic rings. The van der Waals surface area contributed by atoms with Crippen molar-refractivity contribution in [2.75, 3.05) is 7.05 Å². The van der Waals surface area contributed by atoms with Crippen LogP contribution in [0.1, 0.15) is 22.1 Å². The Bertz CT molecular complexity index is 674. The average Bonchev–Trinajstić information content (AvgIpc) is 3.05. The van der Waals surface area contributed by atoms with Gasteiger partial charge in [0, 0.05) is 7.05 Å². The molecule has 3 nitrogen and oxygen atoms in total. The normalized spacial score (nSPS) is 18.3. The summed E-state index contributed by atoms with van der Waals surface area (Å²) in [6.45, 7) is 2.01. The van der Waals surface area contributed by atoms with Crippen LogP contribution in [0.25, 0.3) is 5.57 Å². The molecule has 1 N–H and O–H groups in total. The fourth-order valence-corrected chi connectivity index (χ4v) is 3.11. The molecular formula is C16H15NO2S. The number of ether oxygens (including phenoxy) is 1. The first-order chi connectivity index (χ1) is 9.70. The van der Waals surface area contributed by atoms with Gasteiger partial charge in [0.2, 0.25) is 5.78 Å². The number of hydrogen-bond donors (Lipinski definition) is 1. The van der Waals surface area contributed by atoms with Crippen molar-refractivity contribution in [2.45, 2.75) is 13.0 Å². The summed E-state index contributed by atoms with van der Waals surface area (Å²) >= 11 is 1.54. The molecule has 1 aliphatic rings. The number of Topliss-reactive ketones (excluding diaryl/α,β-unsaturated/α-hetero) is 1. The summed E-state index contributed by atoms with van der Waals surface area (Å²) in [5.74, 6) is 0.571. The van der Waals surface area contributed by atoms with Crippen LogP contribution in [0.2, 0.25) is 0 Å². The third-order valence-electron chi connectivity index (χ3n) is 3.28. The molecule has 3 rings (SSSR count). The highest BCUT2D eigenvalue weighted by Gasteiger charge is 2.37. The Hall–Kier alpha value is -2.07. The Morgan fingerprint density at radius 2 is 2.10 bits per heavy atom. The van der Waals surface area contributed by atoms with Gasteiger partial charge in [0.05, 0.1) is 10.5 Å². The number of ketones is 1. The summed E-state index contributed by atoms with van der Waals surface area (Å²) in [6.07, 6.45) is -0.520. The van der Waals surface area contributed by atoms with Crippen LogP contribution in [0.3, 0.4) is 0 Å². The molecule has 2 heterocycles. The van der Waals surface area contributed by atoms with Crippen LogP contribution < -0.4 is 5.32 Å². The van der Waals surface area contributed by atoms with E-state index in [1.54, 1.807) is 7.05 Å². The van der Waals surface area contributed by atoms with E-state index in [2.05, 4.69) is 5.32 Å². The molecule has 1 unspecified atom stereocenters. The van der Waals surface area contributed by atoms with Gasteiger partial charge in [0.15, 0.2) is 12.0 Å². The van der Waals surface area contributed by atoms with Crippen LogP contribution in [-0.4, -0.2) is 12.8 Å². The van der Waals surface area contributed by atoms with E-state index in [0.29, 0.717) is 11.5 Å². The van der Waals surface area contributed by atoms with Crippen LogP contribution >= 0.6 is 11.3 Å². The van der Waals surface area contributed by atoms with Crippen LogP contribution in [0, 0.1) is 6.92 Å². The van der Waals surface area contributed by atoms with Crippen molar-refractivity contribution >= 4 is 22.7 Å². The summed E-state index contributed by atoms with van der Waals surface area (Å²) in [5.41, 5.74) is 2.66. The number of hydrogen-bond acceptors (Lipinski definition) is 4. The van der Waals surface area contributed by atoms with Crippen molar-refractivity contribution in [2.24, 2.45) is 0 Å². The maximum atomic E-state index is 12.7. The van der Waals surface area contributed by atoms with E-state index >= 15 is 0 Å². The van der Waals surface area contributed by atoms with Crippen molar-refractivity contribution in [3.05, 3.63) is 63.7 Å². The largest absolute Gasteiger partial charge is 0.461 e. The molecule has 20 heavy (non-hydrogen) atoms. The van der Waals surface area contributed by atoms with Crippen LogP contribution in [0.4, 0.5) is 0 Å². The topological polar surface area (TPSA) is 38.3 Å². The van der Waals surface area contributed by atoms with Gasteiger partial charge in [-0.1, -0.05) is 35.9 Å². The van der Waals surface area contributed by atoms with E-state index in [1.807, 2.05) is 48.7 Å². The lowest BCUT2D eigenvalue weighted by molar-refractivity contribution is -0.120. The zero-order valence-corrected chi connectivity index (χ0v) is 12.2. The van der Waals surface area contributed by atoms with E-state index < -0.39 is 6.10 Å². The molecule has 1 atom stereocenters. The minimum atomic E-state index is -0.520. The molecule has 4 heteroatoms. The minimum Gasteiger partial charge on any atom is -0.461 e. The highest BCUT2D eigenvalue weighted by atomic mass is 32.1. The van der Waals surface area contributed by atoms with Crippen molar-refractivity contribution in [3.63, 3.8) is 0 Å². The van der Waals surface area contributed by atoms with Crippen molar-refractivity contribution in [3.8, 4) is 0 Å². The van der Waals surface area contributed by atoms with Crippen molar-refractivity contribution < 1.29 is 9.53 Å². The SMILES string of the molecule is CNC1=C(c2cccc(C)c2)C(=O)C(c2cccs2)O1. The predicted molar refractivity (Wildman–Crippen MR) is 80.3 cm³/mol. The van der Waals surface area contributed by atoms with Gasteiger partial charge in [-0.25, -0.2) is 0 Å². The predicted octanol–water partition coefficient (Wildman–Crippen LogP) is 3.29. The summed E-state index contributed by atoms with van der Waals surface area (Å²) in [7, 11) is 1.77. The Morgan fingerprint density at radius 3 is 2.75 bits per heavy atom. The fraction of sp³-hybridized carbons (Fsp3) is 0.188. The standard InChI is InChI=1S/C16H15NO2S/c1-10-5-3-6-11(9-10)13-14(18)15(19-16(13)17-2)12-7-4-8-20-12/h3-9,15,17H,1-2H3. The van der Waals surface area contributed by atoms with Gasteiger partial charge in [0.25, 0.3) is 0 Å². The van der Waals surface area contributed by atoms with E-state index in [4.69, 9.17) is 4.74 Å². The second-order valence-electron chi connectivity index (χ2n) is 4.70. The summed E-state index contributed by atoms with van der Waals surface area (Å²) in [4.78, 5) is 13.6. The molecule has 1 aromatic carbocycles. The molecule has 102 valence electrons. The number of nitrogens with one attached hydrogen (secondary N) is 1. The monoisotopic (exact) mass is 285 g/mol. The lowest BCUT2D eigenvalue weighted by Crippen LogP contribution is -2.08. The zero-order chi connectivity index (χ0) is 14.1. The fourth-order valence-electron chi connectivity index (χ4n) is 2.36. The first kappa shape index (κ1) is 12.9. The number of thiophene rings is 1. The quantitative estimate of drug-likeness (QED) is 0.940. The maximum absolute atomic E-state index is 12.7. The van der Waals surface area contributed by atoms with E-state index in [1.165, 1.54) is 11.3 Å². The lowest BCUT2D eigenvalue weighted by Gasteiger charge is -2.08. The van der Waals surface area contributed by atoms with E-state index in [9.17, 15) is 4.79 Å². The van der Waals surface area contributed by atoms with Crippen LogP contribution in [0.5, 0.6) is 0 Å². The van der Waals surface area contributed by atoms with Gasteiger partial charge >= 0.3 is 0 Å². The second kappa shape index (κ2) is 5.13. The minimum absolute atomic E-state index is 0.0161. The van der Waals surface area contributed by atoms with Gasteiger partial charge in [0.1, 0.15) is 0 Å². The van der Waals surface area contributed by atoms with Gasteiger partial charge in [-0.3, -0.25) is 4.79 Å². The molecule has 0 saturated heterocycles. The Labute approximate surface area is 121 Å². The molecule has 0 fully saturated rings. The number of carbonyl (C=O) groups is 1. The number of benzene rings is 1. The van der Waals surface area contributed by atoms with Crippen molar-refractivity contribution in [1.82, 2.24) is 5.32 Å². The van der Waals surface area contributed by atoms with E-state index in [0.717, 1.165) is 16.0 Å². The van der Waals surface area contributed by atoms with Crippen LogP contribution in [-0.2, 0) is 9.53 Å². The highest BCUT2D eigenvalue weighted by molar-refractivity contribution is 7.10. The lowest BCUT2D eigenvalue weighted by atomic mass is 9.98. The third-order valence-corrected chi connectivity index (χ3v) is 4.20. The molecule has 1 aromatic heterocycles. The van der Waals surface area contributed by atoms with Gasteiger partial charge in [-0.05, 0) is 23.9 Å². The third kappa shape index (κ3) is 2.12. The summed E-state index contributed by atoms with van der Waals surface area (Å²) in [5, 5.41) is 4.95. The Balaban J connectivity index is 2.02. The molecule has 0 bridgehead atoms. The highest BCUT2D eigenvalue weighted by Crippen LogP contribution is 2.38. The zero-order valence-electron chi connectivity index (χ0n) is 11.3. The summed E-state index contributed by atoms with van der Waals surface area (Å²) < 4.78 is 5.80. The van der Waals surface area contributed by atoms with E-state index in [-0.39, 0.29) is 5.78 Å². The average molecular weight is 285 g/mol. The van der Waals surface area contributed by atoms with Crippen molar-refractivity contribution in [1.29, 1.82) is 0 Å². The van der Waals surface area contributed by atoms with Gasteiger partial charge in [-0.15, -0.1) is 11.3 Å². The molecule has 0 aliphatic carbocycles. The molecule has 0 saturated carbocycles. The number of carbonyl (C=O) groups excluding carboxylic acids is 1. The van der Waals surface area contributed by atoms with Crippen LogP contribution in [0.15, 0.2) is 47.7 Å². The molecular weight excluding hydrogens is 270 g/mol. The molecule has 0 spiro atoms. The Kier molecular flexibility index (Phi) is 3.32. The summed E-state index contributed by atoms with van der Waals surface area (Å²) in [6, 6.07) is 11.8. The first-order valence-corrected chi connectivity index (χ1v) is 7.32. The molecule has 0 amide bonds. The van der Waals surface area contributed by atoms with Gasteiger partial charge < -0.3 is 10.1 Å². The first-order valence-electron chi connectivity index (χ1n) is 6.44. The van der Waals surface area contributed by atoms with Gasteiger partial charge in [-0.2, -0.15) is 0 Å². The second-order valence-corrected chi connectivity index (χ2v) is 5.68. The molecule has 1 aliphatic heterocycles. The molecule has 0 radical (unpaired) electrons. The number of rotatable bonds is 3.